The van der Waals surface area contributed by atoms with Gasteiger partial charge < -0.3 is 0 Å². The summed E-state index contributed by atoms with van der Waals surface area (Å²) in [5.41, 5.74) is 0.762. The van der Waals surface area contributed by atoms with Crippen molar-refractivity contribution in [2.75, 3.05) is 0 Å². The van der Waals surface area contributed by atoms with Gasteiger partial charge in [0.2, 0.25) is 10.0 Å². The first-order valence-corrected chi connectivity index (χ1v) is 7.23. The van der Waals surface area contributed by atoms with Crippen LogP contribution in [0, 0.1) is 11.3 Å². The average Bonchev–Trinajstić information content (AvgIpc) is 2.93. The topological polar surface area (TPSA) is 124 Å². The average molecular weight is 292 g/mol. The highest BCUT2D eigenvalue weighted by Gasteiger charge is 2.20. The summed E-state index contributed by atoms with van der Waals surface area (Å²) in [7, 11) is -3.67. The van der Waals surface area contributed by atoms with Crippen molar-refractivity contribution in [3.8, 4) is 6.07 Å². The van der Waals surface area contributed by atoms with Crippen LogP contribution in [0.5, 0.6) is 0 Å². The van der Waals surface area contributed by atoms with Crippen molar-refractivity contribution in [3.63, 3.8) is 0 Å². The van der Waals surface area contributed by atoms with Crippen molar-refractivity contribution in [2.45, 2.75) is 24.3 Å². The number of rotatable bonds is 5. The van der Waals surface area contributed by atoms with Crippen LogP contribution in [0.1, 0.15) is 24.4 Å². The summed E-state index contributed by atoms with van der Waals surface area (Å²) in [5.74, 6) is 0.259. The molecule has 1 heterocycles. The number of aromatic amines is 1. The first-order chi connectivity index (χ1) is 9.53. The molecule has 0 aliphatic heterocycles. The van der Waals surface area contributed by atoms with Gasteiger partial charge in [0.25, 0.3) is 0 Å². The molecule has 0 aliphatic rings. The molecule has 8 nitrogen and oxygen atoms in total. The zero-order valence-electron chi connectivity index (χ0n) is 10.6. The molecule has 1 aromatic heterocycles. The SMILES string of the molecule is CC(NS(=O)(=O)c1ccc(CC#N)cc1)c1nn[nH]n1. The van der Waals surface area contributed by atoms with Gasteiger partial charge in [0.15, 0.2) is 5.82 Å². The fourth-order valence-electron chi connectivity index (χ4n) is 1.58. The molecule has 0 saturated heterocycles. The van der Waals surface area contributed by atoms with Crippen LogP contribution in [-0.2, 0) is 16.4 Å². The molecule has 1 aromatic carbocycles. The third-order valence-electron chi connectivity index (χ3n) is 2.60. The van der Waals surface area contributed by atoms with E-state index >= 15 is 0 Å². The Labute approximate surface area is 115 Å². The van der Waals surface area contributed by atoms with Crippen LogP contribution < -0.4 is 4.72 Å². The van der Waals surface area contributed by atoms with Crippen LogP contribution in [0.3, 0.4) is 0 Å². The fraction of sp³-hybridized carbons (Fsp3) is 0.273. The van der Waals surface area contributed by atoms with E-state index in [-0.39, 0.29) is 17.1 Å². The molecular formula is C11H12N6O2S. The summed E-state index contributed by atoms with van der Waals surface area (Å²) >= 11 is 0. The maximum absolute atomic E-state index is 12.1. The second kappa shape index (κ2) is 5.77. The van der Waals surface area contributed by atoms with Gasteiger partial charge >= 0.3 is 0 Å². The summed E-state index contributed by atoms with van der Waals surface area (Å²) in [6, 6.07) is 7.53. The van der Waals surface area contributed by atoms with Crippen LogP contribution in [0.15, 0.2) is 29.2 Å². The molecule has 9 heteroatoms. The van der Waals surface area contributed by atoms with Gasteiger partial charge in [-0.1, -0.05) is 17.3 Å². The predicted molar refractivity (Wildman–Crippen MR) is 68.7 cm³/mol. The van der Waals surface area contributed by atoms with E-state index in [9.17, 15) is 8.42 Å². The van der Waals surface area contributed by atoms with Crippen molar-refractivity contribution in [1.82, 2.24) is 25.3 Å². The Kier molecular flexibility index (Phi) is 4.07. The number of aromatic nitrogens is 4. The van der Waals surface area contributed by atoms with E-state index in [1.54, 1.807) is 19.1 Å². The molecule has 0 radical (unpaired) electrons. The molecule has 0 fully saturated rings. The molecule has 20 heavy (non-hydrogen) atoms. The number of nitrogens with one attached hydrogen (secondary N) is 2. The van der Waals surface area contributed by atoms with Crippen molar-refractivity contribution >= 4 is 10.0 Å². The first kappa shape index (κ1) is 14.1. The molecule has 2 aromatic rings. The van der Waals surface area contributed by atoms with Gasteiger partial charge in [0.1, 0.15) is 0 Å². The summed E-state index contributed by atoms with van der Waals surface area (Å²) in [4.78, 5) is 0.120. The van der Waals surface area contributed by atoms with Gasteiger partial charge in [0, 0.05) is 0 Å². The van der Waals surface area contributed by atoms with Gasteiger partial charge in [-0.25, -0.2) is 13.1 Å². The van der Waals surface area contributed by atoms with E-state index in [1.807, 2.05) is 6.07 Å². The minimum absolute atomic E-state index is 0.120. The maximum atomic E-state index is 12.1. The van der Waals surface area contributed by atoms with E-state index in [2.05, 4.69) is 25.3 Å². The molecule has 0 spiro atoms. The summed E-state index contributed by atoms with van der Waals surface area (Å²) < 4.78 is 26.7. The summed E-state index contributed by atoms with van der Waals surface area (Å²) in [6.45, 7) is 1.62. The molecule has 104 valence electrons. The van der Waals surface area contributed by atoms with Gasteiger partial charge in [-0.2, -0.15) is 10.5 Å². The smallest absolute Gasteiger partial charge is 0.207 e. The lowest BCUT2D eigenvalue weighted by molar-refractivity contribution is 0.560. The van der Waals surface area contributed by atoms with E-state index in [0.717, 1.165) is 5.56 Å². The van der Waals surface area contributed by atoms with Gasteiger partial charge in [-0.15, -0.1) is 10.2 Å². The number of tetrazole rings is 1. The second-order valence-electron chi connectivity index (χ2n) is 4.09. The number of sulfonamides is 1. The molecule has 1 atom stereocenters. The lowest BCUT2D eigenvalue weighted by Crippen LogP contribution is -2.27. The predicted octanol–water partition coefficient (Wildman–Crippen LogP) is 0.305. The zero-order chi connectivity index (χ0) is 14.6. The van der Waals surface area contributed by atoms with Crippen LogP contribution in [-0.4, -0.2) is 29.0 Å². The standard InChI is InChI=1S/C11H12N6O2S/c1-8(11-13-16-17-14-11)15-20(18,19)10-4-2-9(3-5-10)6-7-12/h2-5,8,15H,6H2,1H3,(H,13,14,16,17). The lowest BCUT2D eigenvalue weighted by atomic mass is 10.2. The minimum Gasteiger partial charge on any atom is -0.207 e. The highest BCUT2D eigenvalue weighted by atomic mass is 32.2. The first-order valence-electron chi connectivity index (χ1n) is 5.74. The number of H-pyrrole nitrogens is 1. The summed E-state index contributed by atoms with van der Waals surface area (Å²) in [5, 5.41) is 21.7. The molecule has 1 unspecified atom stereocenters. The Balaban J connectivity index is 2.16. The minimum atomic E-state index is -3.67. The third-order valence-corrected chi connectivity index (χ3v) is 4.15. The normalized spacial score (nSPS) is 12.8. The number of nitrogens with zero attached hydrogens (tertiary/aromatic N) is 4. The zero-order valence-corrected chi connectivity index (χ0v) is 11.4. The van der Waals surface area contributed by atoms with E-state index in [0.29, 0.717) is 0 Å². The quantitative estimate of drug-likeness (QED) is 0.816. The van der Waals surface area contributed by atoms with E-state index in [4.69, 9.17) is 5.26 Å². The number of nitriles is 1. The Bertz CT molecular complexity index is 702. The van der Waals surface area contributed by atoms with Crippen molar-refractivity contribution < 1.29 is 8.42 Å². The maximum Gasteiger partial charge on any atom is 0.241 e. The lowest BCUT2D eigenvalue weighted by Gasteiger charge is -2.11. The molecule has 2 rings (SSSR count). The number of benzene rings is 1. The van der Waals surface area contributed by atoms with Crippen molar-refractivity contribution in [1.29, 1.82) is 5.26 Å². The fourth-order valence-corrected chi connectivity index (χ4v) is 2.79. The Morgan fingerprint density at radius 1 is 1.40 bits per heavy atom. The second-order valence-corrected chi connectivity index (χ2v) is 5.81. The van der Waals surface area contributed by atoms with Crippen LogP contribution in [0.2, 0.25) is 0 Å². The summed E-state index contributed by atoms with van der Waals surface area (Å²) in [6.07, 6.45) is 0.243. The van der Waals surface area contributed by atoms with Gasteiger partial charge in [0.05, 0.1) is 23.4 Å². The molecule has 2 N–H and O–H groups in total. The number of hydrogen-bond acceptors (Lipinski definition) is 6. The molecule has 0 aliphatic carbocycles. The molecule has 0 bridgehead atoms. The Hall–Kier alpha value is -2.31. The van der Waals surface area contributed by atoms with Crippen LogP contribution >= 0.6 is 0 Å². The van der Waals surface area contributed by atoms with E-state index < -0.39 is 16.1 Å². The van der Waals surface area contributed by atoms with Crippen molar-refractivity contribution in [3.05, 3.63) is 35.7 Å². The molecule has 0 amide bonds. The monoisotopic (exact) mass is 292 g/mol. The van der Waals surface area contributed by atoms with Crippen LogP contribution in [0.25, 0.3) is 0 Å². The van der Waals surface area contributed by atoms with Gasteiger partial charge in [-0.3, -0.25) is 0 Å². The van der Waals surface area contributed by atoms with Crippen LogP contribution in [0.4, 0.5) is 0 Å². The molecular weight excluding hydrogens is 280 g/mol. The Morgan fingerprint density at radius 2 is 2.10 bits per heavy atom. The largest absolute Gasteiger partial charge is 0.241 e. The Morgan fingerprint density at radius 3 is 2.65 bits per heavy atom. The third kappa shape index (κ3) is 3.17. The van der Waals surface area contributed by atoms with Crippen molar-refractivity contribution in [2.24, 2.45) is 0 Å². The van der Waals surface area contributed by atoms with E-state index in [1.165, 1.54) is 12.1 Å². The highest BCUT2D eigenvalue weighted by Crippen LogP contribution is 2.14. The number of hydrogen-bond donors (Lipinski definition) is 2. The highest BCUT2D eigenvalue weighted by molar-refractivity contribution is 7.89. The van der Waals surface area contributed by atoms with Gasteiger partial charge in [-0.05, 0) is 24.6 Å². The molecule has 0 saturated carbocycles.